The van der Waals surface area contributed by atoms with Gasteiger partial charge in [0.05, 0.1) is 11.2 Å². The molecule has 19 heavy (non-hydrogen) atoms. The van der Waals surface area contributed by atoms with Crippen molar-refractivity contribution in [2.24, 2.45) is 5.41 Å². The fourth-order valence-electron chi connectivity index (χ4n) is 3.34. The van der Waals surface area contributed by atoms with Crippen LogP contribution < -0.4 is 0 Å². The van der Waals surface area contributed by atoms with Gasteiger partial charge in [-0.1, -0.05) is 11.5 Å². The second kappa shape index (κ2) is 4.34. The number of hydrogen-bond acceptors (Lipinski definition) is 3. The molecule has 2 aliphatic heterocycles. The molecule has 0 N–H and O–H groups in total. The molecule has 0 aromatic heterocycles. The summed E-state index contributed by atoms with van der Waals surface area (Å²) < 4.78 is 17.6. The quantitative estimate of drug-likeness (QED) is 0.681. The molecule has 2 heterocycles. The Morgan fingerprint density at radius 2 is 1.53 bits per heavy atom. The van der Waals surface area contributed by atoms with Gasteiger partial charge in [-0.2, -0.15) is 0 Å². The van der Waals surface area contributed by atoms with E-state index in [0.717, 1.165) is 13.2 Å². The molecule has 0 bridgehead atoms. The first-order valence-corrected chi connectivity index (χ1v) is 7.49. The normalized spacial score (nSPS) is 33.7. The standard InChI is InChI=1S/C15H25BO3/c1-13(2)14(3,4)19-16(18-13)11-12-5-6-15(12)7-9-17-10-8-15/h11H,5-10H2,1-4H3/b12-11+. The fraction of sp³-hybridized carbons (Fsp3) is 0.867. The van der Waals surface area contributed by atoms with E-state index in [1.54, 1.807) is 0 Å². The first-order valence-electron chi connectivity index (χ1n) is 7.49. The van der Waals surface area contributed by atoms with Gasteiger partial charge in [-0.05, 0) is 58.8 Å². The zero-order valence-electron chi connectivity index (χ0n) is 12.6. The predicted molar refractivity (Wildman–Crippen MR) is 75.9 cm³/mol. The smallest absolute Gasteiger partial charge is 0.400 e. The second-order valence-electron chi connectivity index (χ2n) is 7.21. The minimum absolute atomic E-state index is 0.181. The third-order valence-corrected chi connectivity index (χ3v) is 5.61. The lowest BCUT2D eigenvalue weighted by molar-refractivity contribution is 0.00578. The van der Waals surface area contributed by atoms with E-state index < -0.39 is 0 Å². The van der Waals surface area contributed by atoms with Crippen LogP contribution in [-0.2, 0) is 14.0 Å². The molecule has 0 amide bonds. The lowest BCUT2D eigenvalue weighted by atomic mass is 9.58. The summed E-state index contributed by atoms with van der Waals surface area (Å²) in [6.45, 7) is 10.2. The Morgan fingerprint density at radius 3 is 2.00 bits per heavy atom. The summed E-state index contributed by atoms with van der Waals surface area (Å²) in [6, 6.07) is 0. The highest BCUT2D eigenvalue weighted by Gasteiger charge is 2.52. The molecule has 4 heteroatoms. The number of rotatable bonds is 1. The van der Waals surface area contributed by atoms with Crippen molar-refractivity contribution >= 4 is 7.12 Å². The Hall–Kier alpha value is -0.315. The molecule has 3 aliphatic rings. The Labute approximate surface area is 116 Å². The minimum atomic E-state index is -0.235. The van der Waals surface area contributed by atoms with Crippen LogP contribution in [0.5, 0.6) is 0 Å². The van der Waals surface area contributed by atoms with Crippen molar-refractivity contribution in [2.75, 3.05) is 13.2 Å². The molecule has 1 aliphatic carbocycles. The zero-order chi connectivity index (χ0) is 13.7. The lowest BCUT2D eigenvalue weighted by Gasteiger charge is -2.47. The summed E-state index contributed by atoms with van der Waals surface area (Å²) in [5.41, 5.74) is 1.47. The average molecular weight is 264 g/mol. The van der Waals surface area contributed by atoms with Gasteiger partial charge in [-0.3, -0.25) is 0 Å². The van der Waals surface area contributed by atoms with E-state index in [1.165, 1.54) is 31.3 Å². The second-order valence-corrected chi connectivity index (χ2v) is 7.21. The summed E-state index contributed by atoms with van der Waals surface area (Å²) in [4.78, 5) is 0. The van der Waals surface area contributed by atoms with Gasteiger partial charge >= 0.3 is 7.12 Å². The van der Waals surface area contributed by atoms with E-state index in [4.69, 9.17) is 14.0 Å². The highest BCUT2D eigenvalue weighted by atomic mass is 16.7. The fourth-order valence-corrected chi connectivity index (χ4v) is 3.34. The van der Waals surface area contributed by atoms with E-state index >= 15 is 0 Å². The van der Waals surface area contributed by atoms with Crippen LogP contribution in [0.2, 0.25) is 0 Å². The van der Waals surface area contributed by atoms with E-state index in [2.05, 4.69) is 33.7 Å². The minimum Gasteiger partial charge on any atom is -0.400 e. The van der Waals surface area contributed by atoms with E-state index in [9.17, 15) is 0 Å². The highest BCUT2D eigenvalue weighted by molar-refractivity contribution is 6.51. The van der Waals surface area contributed by atoms with E-state index in [-0.39, 0.29) is 18.3 Å². The molecular formula is C15H25BO3. The molecule has 0 unspecified atom stereocenters. The molecule has 1 saturated carbocycles. The van der Waals surface area contributed by atoms with Gasteiger partial charge < -0.3 is 14.0 Å². The van der Waals surface area contributed by atoms with Gasteiger partial charge in [-0.15, -0.1) is 0 Å². The van der Waals surface area contributed by atoms with Crippen molar-refractivity contribution in [2.45, 2.75) is 64.6 Å². The van der Waals surface area contributed by atoms with Gasteiger partial charge in [0.1, 0.15) is 0 Å². The van der Waals surface area contributed by atoms with Crippen LogP contribution in [0.15, 0.2) is 11.5 Å². The molecular weight excluding hydrogens is 239 g/mol. The maximum absolute atomic E-state index is 6.07. The molecule has 3 fully saturated rings. The van der Waals surface area contributed by atoms with Gasteiger partial charge in [0.2, 0.25) is 0 Å². The molecule has 0 radical (unpaired) electrons. The highest BCUT2D eigenvalue weighted by Crippen LogP contribution is 2.53. The van der Waals surface area contributed by atoms with Crippen LogP contribution >= 0.6 is 0 Å². The third kappa shape index (κ3) is 2.18. The van der Waals surface area contributed by atoms with Crippen molar-refractivity contribution in [1.82, 2.24) is 0 Å². The molecule has 106 valence electrons. The third-order valence-electron chi connectivity index (χ3n) is 5.61. The summed E-state index contributed by atoms with van der Waals surface area (Å²) in [7, 11) is -0.181. The molecule has 0 aromatic carbocycles. The number of hydrogen-bond donors (Lipinski definition) is 0. The Balaban J connectivity index is 1.73. The molecule has 2 saturated heterocycles. The van der Waals surface area contributed by atoms with Gasteiger partial charge in [0, 0.05) is 13.2 Å². The number of allylic oxidation sites excluding steroid dienone is 1. The summed E-state index contributed by atoms with van der Waals surface area (Å²) >= 11 is 0. The Bertz CT molecular complexity index is 378. The maximum atomic E-state index is 6.07. The monoisotopic (exact) mass is 264 g/mol. The lowest BCUT2D eigenvalue weighted by Crippen LogP contribution is -2.41. The molecule has 3 nitrogen and oxygen atoms in total. The van der Waals surface area contributed by atoms with Crippen molar-refractivity contribution in [3.63, 3.8) is 0 Å². The van der Waals surface area contributed by atoms with E-state index in [0.29, 0.717) is 5.41 Å². The van der Waals surface area contributed by atoms with E-state index in [1.807, 2.05) is 0 Å². The number of ether oxygens (including phenoxy) is 1. The van der Waals surface area contributed by atoms with Crippen LogP contribution in [0.25, 0.3) is 0 Å². The SMILES string of the molecule is CC1(C)OB(/C=C2\CCC23CCOCC3)OC1(C)C. The van der Waals surface area contributed by atoms with Crippen molar-refractivity contribution < 1.29 is 14.0 Å². The van der Waals surface area contributed by atoms with Gasteiger partial charge in [-0.25, -0.2) is 0 Å². The van der Waals surface area contributed by atoms with Crippen molar-refractivity contribution in [1.29, 1.82) is 0 Å². The Kier molecular flexibility index (Phi) is 3.12. The topological polar surface area (TPSA) is 27.7 Å². The van der Waals surface area contributed by atoms with Crippen LogP contribution in [0, 0.1) is 5.41 Å². The first kappa shape index (κ1) is 13.7. The van der Waals surface area contributed by atoms with Gasteiger partial charge in [0.15, 0.2) is 0 Å². The summed E-state index contributed by atoms with van der Waals surface area (Å²) in [5.74, 6) is 2.24. The largest absolute Gasteiger partial charge is 0.487 e. The van der Waals surface area contributed by atoms with Crippen LogP contribution in [0.4, 0.5) is 0 Å². The molecule has 0 aromatic rings. The molecule has 3 rings (SSSR count). The molecule has 1 spiro atoms. The zero-order valence-corrected chi connectivity index (χ0v) is 12.6. The summed E-state index contributed by atoms with van der Waals surface area (Å²) in [6.07, 6.45) is 4.84. The maximum Gasteiger partial charge on any atom is 0.487 e. The first-order chi connectivity index (χ1) is 8.85. The van der Waals surface area contributed by atoms with Crippen molar-refractivity contribution in [3.8, 4) is 0 Å². The van der Waals surface area contributed by atoms with Crippen LogP contribution in [0.3, 0.4) is 0 Å². The predicted octanol–water partition coefficient (Wildman–Crippen LogP) is 3.13. The van der Waals surface area contributed by atoms with Crippen LogP contribution in [0.1, 0.15) is 53.4 Å². The van der Waals surface area contributed by atoms with Gasteiger partial charge in [0.25, 0.3) is 0 Å². The Morgan fingerprint density at radius 1 is 0.947 bits per heavy atom. The molecule has 0 atom stereocenters. The van der Waals surface area contributed by atoms with Crippen molar-refractivity contribution in [3.05, 3.63) is 11.5 Å². The van der Waals surface area contributed by atoms with Crippen LogP contribution in [-0.4, -0.2) is 31.5 Å². The summed E-state index contributed by atoms with van der Waals surface area (Å²) in [5, 5.41) is 0. The average Bonchev–Trinajstić information content (AvgIpc) is 2.55.